The van der Waals surface area contributed by atoms with Crippen LogP contribution < -0.4 is 5.32 Å². The molecular formula is C14H18N6S. The predicted molar refractivity (Wildman–Crippen MR) is 82.2 cm³/mol. The fourth-order valence-corrected chi connectivity index (χ4v) is 3.09. The number of nitrogens with zero attached hydrogens (tertiary/aromatic N) is 5. The van der Waals surface area contributed by atoms with Gasteiger partial charge in [-0.1, -0.05) is 36.9 Å². The van der Waals surface area contributed by atoms with Crippen LogP contribution in [0.5, 0.6) is 0 Å². The molecule has 1 N–H and O–H groups in total. The summed E-state index contributed by atoms with van der Waals surface area (Å²) in [6.07, 6.45) is 0.701. The number of thioether (sulfide) groups is 1. The molecule has 6 nitrogen and oxygen atoms in total. The van der Waals surface area contributed by atoms with Gasteiger partial charge in [-0.2, -0.15) is 9.94 Å². The number of tetrazole rings is 1. The van der Waals surface area contributed by atoms with E-state index in [4.69, 9.17) is 0 Å². The third-order valence-electron chi connectivity index (χ3n) is 3.24. The maximum atomic E-state index is 9.23. The lowest BCUT2D eigenvalue weighted by Crippen LogP contribution is -2.40. The van der Waals surface area contributed by atoms with Gasteiger partial charge in [-0.05, 0) is 43.0 Å². The van der Waals surface area contributed by atoms with E-state index in [2.05, 4.69) is 33.8 Å². The first-order chi connectivity index (χ1) is 10.1. The highest BCUT2D eigenvalue weighted by Gasteiger charge is 2.25. The van der Waals surface area contributed by atoms with Gasteiger partial charge in [0.05, 0.1) is 11.8 Å². The Morgan fingerprint density at radius 1 is 1.43 bits per heavy atom. The van der Waals surface area contributed by atoms with E-state index < -0.39 is 5.54 Å². The van der Waals surface area contributed by atoms with E-state index in [0.29, 0.717) is 6.42 Å². The Morgan fingerprint density at radius 2 is 2.14 bits per heavy atom. The van der Waals surface area contributed by atoms with Crippen LogP contribution in [0, 0.1) is 11.3 Å². The second kappa shape index (κ2) is 6.70. The Bertz CT molecular complexity index is 620. The molecule has 1 aromatic heterocycles. The van der Waals surface area contributed by atoms with Crippen LogP contribution in [-0.2, 0) is 0 Å². The van der Waals surface area contributed by atoms with Crippen molar-refractivity contribution in [3.8, 4) is 11.8 Å². The number of nitrogens with one attached hydrogen (secondary N) is 1. The van der Waals surface area contributed by atoms with Crippen molar-refractivity contribution in [3.63, 3.8) is 0 Å². The second-order valence-electron chi connectivity index (χ2n) is 5.04. The lowest BCUT2D eigenvalue weighted by Gasteiger charge is -2.23. The van der Waals surface area contributed by atoms with Gasteiger partial charge in [0.2, 0.25) is 5.16 Å². The summed E-state index contributed by atoms with van der Waals surface area (Å²) >= 11 is 1.57. The van der Waals surface area contributed by atoms with Crippen LogP contribution >= 0.6 is 11.8 Å². The maximum Gasteiger partial charge on any atom is 0.214 e. The van der Waals surface area contributed by atoms with E-state index in [1.807, 2.05) is 37.3 Å². The number of nitriles is 1. The molecule has 2 rings (SSSR count). The summed E-state index contributed by atoms with van der Waals surface area (Å²) < 4.78 is 1.71. The molecule has 2 aromatic rings. The van der Waals surface area contributed by atoms with Gasteiger partial charge in [-0.25, -0.2) is 0 Å². The van der Waals surface area contributed by atoms with Gasteiger partial charge in [0, 0.05) is 5.25 Å². The number of hydrogen-bond acceptors (Lipinski definition) is 6. The molecule has 0 bridgehead atoms. The summed E-state index contributed by atoms with van der Waals surface area (Å²) in [6.45, 7) is 3.96. The molecule has 1 aromatic carbocycles. The van der Waals surface area contributed by atoms with Crippen LogP contribution in [0.3, 0.4) is 0 Å². The van der Waals surface area contributed by atoms with Gasteiger partial charge in [0.15, 0.2) is 0 Å². The molecule has 0 spiro atoms. The lowest BCUT2D eigenvalue weighted by molar-refractivity contribution is 0.455. The Labute approximate surface area is 128 Å². The molecule has 2 unspecified atom stereocenters. The van der Waals surface area contributed by atoms with Crippen LogP contribution in [0.25, 0.3) is 5.69 Å². The molecular weight excluding hydrogens is 284 g/mol. The Morgan fingerprint density at radius 3 is 2.76 bits per heavy atom. The minimum Gasteiger partial charge on any atom is -0.303 e. The summed E-state index contributed by atoms with van der Waals surface area (Å²) in [7, 11) is 1.80. The molecule has 0 aliphatic carbocycles. The largest absolute Gasteiger partial charge is 0.303 e. The maximum absolute atomic E-state index is 9.23. The molecule has 21 heavy (non-hydrogen) atoms. The summed E-state index contributed by atoms with van der Waals surface area (Å²) in [5.41, 5.74) is 0.381. The highest BCUT2D eigenvalue weighted by molar-refractivity contribution is 7.99. The van der Waals surface area contributed by atoms with Gasteiger partial charge < -0.3 is 5.32 Å². The molecule has 2 atom stereocenters. The fraction of sp³-hybridized carbons (Fsp3) is 0.429. The molecule has 0 saturated carbocycles. The first-order valence-electron chi connectivity index (χ1n) is 6.68. The quantitative estimate of drug-likeness (QED) is 0.823. The van der Waals surface area contributed by atoms with Crippen LogP contribution in [0.2, 0.25) is 0 Å². The number of aromatic nitrogens is 4. The molecule has 0 aliphatic heterocycles. The van der Waals surface area contributed by atoms with E-state index in [0.717, 1.165) is 10.8 Å². The number of hydrogen-bond donors (Lipinski definition) is 1. The van der Waals surface area contributed by atoms with Gasteiger partial charge in [-0.15, -0.1) is 5.10 Å². The van der Waals surface area contributed by atoms with E-state index in [1.54, 1.807) is 23.5 Å². The average molecular weight is 302 g/mol. The molecule has 110 valence electrons. The zero-order valence-corrected chi connectivity index (χ0v) is 13.1. The van der Waals surface area contributed by atoms with Gasteiger partial charge in [0.25, 0.3) is 0 Å². The zero-order valence-electron chi connectivity index (χ0n) is 12.3. The summed E-state index contributed by atoms with van der Waals surface area (Å²) in [4.78, 5) is 0. The molecule has 0 fully saturated rings. The van der Waals surface area contributed by atoms with Crippen molar-refractivity contribution in [2.75, 3.05) is 7.05 Å². The third kappa shape index (κ3) is 3.80. The third-order valence-corrected chi connectivity index (χ3v) is 4.28. The molecule has 0 radical (unpaired) electrons. The highest BCUT2D eigenvalue weighted by Crippen LogP contribution is 2.27. The standard InChI is InChI=1S/C14H18N6S/c1-11(9-14(2,10-15)16-3)21-13-17-18-19-20(13)12-7-5-4-6-8-12/h4-8,11,16H,9H2,1-3H3. The molecule has 1 heterocycles. The van der Waals surface area contributed by atoms with Gasteiger partial charge in [-0.3, -0.25) is 0 Å². The van der Waals surface area contributed by atoms with Crippen molar-refractivity contribution in [2.24, 2.45) is 0 Å². The average Bonchev–Trinajstić information content (AvgIpc) is 2.96. The van der Waals surface area contributed by atoms with Crippen molar-refractivity contribution < 1.29 is 0 Å². The molecule has 0 aliphatic rings. The van der Waals surface area contributed by atoms with Gasteiger partial charge >= 0.3 is 0 Å². The van der Waals surface area contributed by atoms with Crippen molar-refractivity contribution in [2.45, 2.75) is 36.2 Å². The minimum atomic E-state index is -0.544. The normalized spacial score (nSPS) is 15.1. The first kappa shape index (κ1) is 15.5. The van der Waals surface area contributed by atoms with E-state index >= 15 is 0 Å². The van der Waals surface area contributed by atoms with E-state index in [1.165, 1.54) is 0 Å². The van der Waals surface area contributed by atoms with E-state index in [-0.39, 0.29) is 5.25 Å². The summed E-state index contributed by atoms with van der Waals surface area (Å²) in [5.74, 6) is 0. The van der Waals surface area contributed by atoms with Gasteiger partial charge in [0.1, 0.15) is 5.54 Å². The number of benzene rings is 1. The fourth-order valence-electron chi connectivity index (χ4n) is 1.98. The molecule has 0 saturated heterocycles. The second-order valence-corrected chi connectivity index (χ2v) is 6.44. The Balaban J connectivity index is 2.11. The Kier molecular flexibility index (Phi) is 4.94. The van der Waals surface area contributed by atoms with Crippen molar-refractivity contribution >= 4 is 11.8 Å². The van der Waals surface area contributed by atoms with Crippen molar-refractivity contribution in [1.29, 1.82) is 5.26 Å². The molecule has 0 amide bonds. The van der Waals surface area contributed by atoms with Crippen LogP contribution in [0.15, 0.2) is 35.5 Å². The lowest BCUT2D eigenvalue weighted by atomic mass is 9.98. The Hall–Kier alpha value is -1.91. The van der Waals surface area contributed by atoms with Crippen molar-refractivity contribution in [3.05, 3.63) is 30.3 Å². The number of para-hydroxylation sites is 1. The topological polar surface area (TPSA) is 79.4 Å². The number of rotatable bonds is 6. The smallest absolute Gasteiger partial charge is 0.214 e. The highest BCUT2D eigenvalue weighted by atomic mass is 32.2. The monoisotopic (exact) mass is 302 g/mol. The van der Waals surface area contributed by atoms with Crippen LogP contribution in [0.4, 0.5) is 0 Å². The predicted octanol–water partition coefficient (Wildman–Crippen LogP) is 2.03. The zero-order chi connectivity index (χ0) is 15.3. The minimum absolute atomic E-state index is 0.204. The van der Waals surface area contributed by atoms with Crippen LogP contribution in [-0.4, -0.2) is 38.0 Å². The van der Waals surface area contributed by atoms with Crippen LogP contribution in [0.1, 0.15) is 20.3 Å². The first-order valence-corrected chi connectivity index (χ1v) is 7.56. The molecule has 7 heteroatoms. The summed E-state index contributed by atoms with van der Waals surface area (Å²) in [5, 5.41) is 25.1. The van der Waals surface area contributed by atoms with E-state index in [9.17, 15) is 5.26 Å². The SMILES string of the molecule is CNC(C)(C#N)CC(C)Sc1nnnn1-c1ccccc1. The summed E-state index contributed by atoms with van der Waals surface area (Å²) in [6, 6.07) is 12.1. The van der Waals surface area contributed by atoms with Crippen molar-refractivity contribution in [1.82, 2.24) is 25.5 Å².